The molecular weight excluding hydrogens is 330 g/mol. The van der Waals surface area contributed by atoms with Gasteiger partial charge in [-0.1, -0.05) is 34.1 Å². The number of carbonyl (C=O) groups excluding carboxylic acids is 1. The minimum atomic E-state index is 0.0676. The Balaban J connectivity index is 1.97. The molecule has 2 aromatic carbocycles. The molecule has 1 atom stereocenters. The van der Waals surface area contributed by atoms with Gasteiger partial charge in [0.2, 0.25) is 5.91 Å². The van der Waals surface area contributed by atoms with Crippen LogP contribution in [0.4, 0.5) is 5.69 Å². The van der Waals surface area contributed by atoms with Crippen LogP contribution in [0.3, 0.4) is 0 Å². The Morgan fingerprint density at radius 1 is 1.14 bits per heavy atom. The first-order valence-corrected chi connectivity index (χ1v) is 7.92. The Hall–Kier alpha value is -1.81. The zero-order valence-corrected chi connectivity index (χ0v) is 13.0. The zero-order valence-electron chi connectivity index (χ0n) is 11.4. The van der Waals surface area contributed by atoms with Crippen molar-refractivity contribution in [2.24, 2.45) is 0 Å². The molecule has 0 aromatic heterocycles. The molecule has 1 amide bonds. The van der Waals surface area contributed by atoms with E-state index in [-0.39, 0.29) is 11.9 Å². The third kappa shape index (κ3) is 2.05. The van der Waals surface area contributed by atoms with E-state index in [0.717, 1.165) is 40.1 Å². The molecule has 0 spiro atoms. The summed E-state index contributed by atoms with van der Waals surface area (Å²) in [5.41, 5.74) is 1.95. The van der Waals surface area contributed by atoms with Crippen molar-refractivity contribution in [3.05, 3.63) is 52.5 Å². The minimum absolute atomic E-state index is 0.0676. The first-order valence-electron chi connectivity index (χ1n) is 7.12. The maximum Gasteiger partial charge on any atom is 0.227 e. The van der Waals surface area contributed by atoms with Crippen molar-refractivity contribution in [2.75, 3.05) is 4.90 Å². The molecule has 106 valence electrons. The fraction of sp³-hybridized carbons (Fsp3) is 0.235. The molecule has 2 aliphatic rings. The first kappa shape index (κ1) is 12.9. The lowest BCUT2D eigenvalue weighted by atomic mass is 9.94. The average Bonchev–Trinajstić information content (AvgIpc) is 2.63. The number of benzene rings is 2. The van der Waals surface area contributed by atoms with E-state index in [0.29, 0.717) is 6.42 Å². The van der Waals surface area contributed by atoms with Crippen LogP contribution < -0.4 is 9.64 Å². The van der Waals surface area contributed by atoms with E-state index < -0.39 is 0 Å². The fourth-order valence-corrected chi connectivity index (χ4v) is 3.55. The van der Waals surface area contributed by atoms with Crippen LogP contribution in [0.1, 0.15) is 30.9 Å². The van der Waals surface area contributed by atoms with Crippen molar-refractivity contribution in [3.63, 3.8) is 0 Å². The van der Waals surface area contributed by atoms with Gasteiger partial charge in [0, 0.05) is 16.5 Å². The van der Waals surface area contributed by atoms with Gasteiger partial charge in [0.25, 0.3) is 0 Å². The molecule has 4 heteroatoms. The third-order valence-electron chi connectivity index (χ3n) is 4.13. The van der Waals surface area contributed by atoms with Crippen molar-refractivity contribution < 1.29 is 9.53 Å². The van der Waals surface area contributed by atoms with Crippen molar-refractivity contribution in [3.8, 4) is 11.5 Å². The molecule has 3 nitrogen and oxygen atoms in total. The number of fused-ring (bicyclic) bond motifs is 5. The Morgan fingerprint density at radius 2 is 2.00 bits per heavy atom. The monoisotopic (exact) mass is 343 g/mol. The Labute approximate surface area is 131 Å². The number of halogens is 1. The van der Waals surface area contributed by atoms with Crippen LogP contribution in [-0.2, 0) is 4.79 Å². The quantitative estimate of drug-likeness (QED) is 0.686. The zero-order chi connectivity index (χ0) is 14.4. The van der Waals surface area contributed by atoms with E-state index >= 15 is 0 Å². The predicted molar refractivity (Wildman–Crippen MR) is 84.7 cm³/mol. The number of para-hydroxylation sites is 1. The van der Waals surface area contributed by atoms with Crippen molar-refractivity contribution in [1.29, 1.82) is 0 Å². The van der Waals surface area contributed by atoms with Crippen LogP contribution >= 0.6 is 15.9 Å². The van der Waals surface area contributed by atoms with Crippen LogP contribution in [0.2, 0.25) is 0 Å². The number of nitrogens with zero attached hydrogens (tertiary/aromatic N) is 1. The van der Waals surface area contributed by atoms with E-state index in [1.54, 1.807) is 0 Å². The summed E-state index contributed by atoms with van der Waals surface area (Å²) in [7, 11) is 0. The second kappa shape index (κ2) is 4.88. The van der Waals surface area contributed by atoms with E-state index in [1.807, 2.05) is 41.3 Å². The number of rotatable bonds is 0. The largest absolute Gasteiger partial charge is 0.455 e. The summed E-state index contributed by atoms with van der Waals surface area (Å²) in [4.78, 5) is 14.4. The van der Waals surface area contributed by atoms with Gasteiger partial charge >= 0.3 is 0 Å². The van der Waals surface area contributed by atoms with Crippen LogP contribution in [0.15, 0.2) is 46.9 Å². The molecule has 0 radical (unpaired) electrons. The van der Waals surface area contributed by atoms with Gasteiger partial charge in [-0.25, -0.2) is 0 Å². The summed E-state index contributed by atoms with van der Waals surface area (Å²) in [6.45, 7) is 0. The molecule has 2 aliphatic heterocycles. The number of ether oxygens (including phenoxy) is 1. The van der Waals surface area contributed by atoms with Gasteiger partial charge in [0.15, 0.2) is 5.75 Å². The van der Waals surface area contributed by atoms with Crippen LogP contribution in [0, 0.1) is 0 Å². The second-order valence-corrected chi connectivity index (χ2v) is 6.34. The highest BCUT2D eigenvalue weighted by atomic mass is 79.9. The summed E-state index contributed by atoms with van der Waals surface area (Å²) in [6.07, 6.45) is 2.50. The van der Waals surface area contributed by atoms with Crippen molar-refractivity contribution >= 4 is 27.5 Å². The average molecular weight is 344 g/mol. The lowest BCUT2D eigenvalue weighted by Crippen LogP contribution is -2.37. The summed E-state index contributed by atoms with van der Waals surface area (Å²) in [6, 6.07) is 13.9. The number of amides is 1. The maximum atomic E-state index is 12.5. The molecule has 1 saturated heterocycles. The molecule has 0 N–H and O–H groups in total. The molecule has 0 bridgehead atoms. The number of carbonyl (C=O) groups is 1. The van der Waals surface area contributed by atoms with Gasteiger partial charge in [-0.2, -0.15) is 0 Å². The first-order chi connectivity index (χ1) is 10.2. The number of hydrogen-bond acceptors (Lipinski definition) is 2. The predicted octanol–water partition coefficient (Wildman–Crippen LogP) is 4.81. The van der Waals surface area contributed by atoms with Crippen molar-refractivity contribution in [2.45, 2.75) is 25.3 Å². The van der Waals surface area contributed by atoms with E-state index in [4.69, 9.17) is 4.74 Å². The molecule has 1 fully saturated rings. The smallest absolute Gasteiger partial charge is 0.227 e. The Bertz CT molecular complexity index is 728. The normalized spacial score (nSPS) is 20.0. The highest BCUT2D eigenvalue weighted by Gasteiger charge is 2.36. The molecular formula is C17H14BrNO2. The topological polar surface area (TPSA) is 29.5 Å². The molecule has 2 heterocycles. The van der Waals surface area contributed by atoms with Crippen LogP contribution in [0.5, 0.6) is 11.5 Å². The Morgan fingerprint density at radius 3 is 2.90 bits per heavy atom. The van der Waals surface area contributed by atoms with Gasteiger partial charge in [-0.15, -0.1) is 0 Å². The maximum absolute atomic E-state index is 12.5. The standard InChI is InChI=1S/C17H14BrNO2/c18-11-8-9-16-14(10-11)19-13(5-3-7-17(19)20)12-4-1-2-6-15(12)21-16/h1-2,4,6,8-10,13H,3,5,7H2. The lowest BCUT2D eigenvalue weighted by molar-refractivity contribution is -0.120. The lowest BCUT2D eigenvalue weighted by Gasteiger charge is -2.34. The number of anilines is 1. The summed E-state index contributed by atoms with van der Waals surface area (Å²) < 4.78 is 7.03. The minimum Gasteiger partial charge on any atom is -0.455 e. The van der Waals surface area contributed by atoms with Gasteiger partial charge in [-0.05, 0) is 37.1 Å². The summed E-state index contributed by atoms with van der Waals surface area (Å²) in [5.74, 6) is 1.76. The molecule has 4 rings (SSSR count). The van der Waals surface area contributed by atoms with E-state index in [1.165, 1.54) is 0 Å². The number of piperidine rings is 1. The van der Waals surface area contributed by atoms with Gasteiger partial charge in [-0.3, -0.25) is 4.79 Å². The van der Waals surface area contributed by atoms with E-state index in [9.17, 15) is 4.79 Å². The molecule has 1 unspecified atom stereocenters. The van der Waals surface area contributed by atoms with Gasteiger partial charge in [0.05, 0.1) is 11.7 Å². The van der Waals surface area contributed by atoms with Crippen LogP contribution in [0.25, 0.3) is 0 Å². The number of hydrogen-bond donors (Lipinski definition) is 0. The second-order valence-electron chi connectivity index (χ2n) is 5.42. The third-order valence-corrected chi connectivity index (χ3v) is 4.62. The van der Waals surface area contributed by atoms with Gasteiger partial charge in [0.1, 0.15) is 5.75 Å². The molecule has 0 aliphatic carbocycles. The van der Waals surface area contributed by atoms with E-state index in [2.05, 4.69) is 22.0 Å². The highest BCUT2D eigenvalue weighted by Crippen LogP contribution is 2.48. The fourth-order valence-electron chi connectivity index (χ4n) is 3.20. The molecule has 21 heavy (non-hydrogen) atoms. The SMILES string of the molecule is O=C1CCCC2c3ccccc3Oc3ccc(Br)cc3N12. The summed E-state index contributed by atoms with van der Waals surface area (Å²) in [5, 5.41) is 0. The highest BCUT2D eigenvalue weighted by molar-refractivity contribution is 9.10. The summed E-state index contributed by atoms with van der Waals surface area (Å²) >= 11 is 3.49. The van der Waals surface area contributed by atoms with Crippen LogP contribution in [-0.4, -0.2) is 5.91 Å². The molecule has 0 saturated carbocycles. The Kier molecular flexibility index (Phi) is 3.00. The van der Waals surface area contributed by atoms with Crippen molar-refractivity contribution in [1.82, 2.24) is 0 Å². The molecule has 2 aromatic rings. The van der Waals surface area contributed by atoms with Gasteiger partial charge < -0.3 is 9.64 Å².